The first-order valence-electron chi connectivity index (χ1n) is 13.1. The van der Waals surface area contributed by atoms with Gasteiger partial charge in [0.25, 0.3) is 5.91 Å². The molecule has 2 atom stereocenters. The Hall–Kier alpha value is -2.37. The van der Waals surface area contributed by atoms with Gasteiger partial charge in [0.1, 0.15) is 5.76 Å². The number of piperidine rings is 1. The molecular weight excluding hydrogens is 434 g/mol. The number of nitrogens with zero attached hydrogens (tertiary/aromatic N) is 2. The van der Waals surface area contributed by atoms with E-state index in [1.165, 1.54) is 5.56 Å². The summed E-state index contributed by atoms with van der Waals surface area (Å²) in [7, 11) is 4.19. The fraction of sp³-hybridized carbons (Fsp3) is 0.567. The number of carbonyl (C=O) groups excluding carboxylic acids is 1. The van der Waals surface area contributed by atoms with Crippen molar-refractivity contribution in [3.63, 3.8) is 0 Å². The Kier molecular flexibility index (Phi) is 12.3. The highest BCUT2D eigenvalue weighted by Crippen LogP contribution is 2.21. The van der Waals surface area contributed by atoms with E-state index in [1.807, 2.05) is 24.3 Å². The van der Waals surface area contributed by atoms with Crippen LogP contribution in [0.5, 0.6) is 0 Å². The molecule has 1 fully saturated rings. The van der Waals surface area contributed by atoms with Crippen LogP contribution in [-0.4, -0.2) is 68.1 Å². The highest BCUT2D eigenvalue weighted by atomic mass is 16.5. The predicted molar refractivity (Wildman–Crippen MR) is 150 cm³/mol. The molecule has 1 heterocycles. The molecule has 0 spiro atoms. The topological polar surface area (TPSA) is 44.8 Å². The zero-order valence-corrected chi connectivity index (χ0v) is 22.9. The average molecular weight is 484 g/mol. The fourth-order valence-electron chi connectivity index (χ4n) is 4.54. The number of benzene rings is 1. The van der Waals surface area contributed by atoms with Gasteiger partial charge in [0.05, 0.1) is 6.61 Å². The molecule has 2 rings (SSSR count). The number of unbranched alkanes of at least 4 members (excludes halogenated alkanes) is 1. The van der Waals surface area contributed by atoms with Crippen molar-refractivity contribution >= 4 is 5.91 Å². The normalized spacial score (nSPS) is 19.6. The molecule has 2 unspecified atom stereocenters. The van der Waals surface area contributed by atoms with Gasteiger partial charge in [-0.05, 0) is 108 Å². The Morgan fingerprint density at radius 3 is 2.71 bits per heavy atom. The molecule has 1 aromatic rings. The maximum absolute atomic E-state index is 12.8. The molecule has 0 saturated carbocycles. The number of aryl methyl sites for hydroxylation is 2. The minimum atomic E-state index is 0. The van der Waals surface area contributed by atoms with Gasteiger partial charge in [-0.2, -0.15) is 0 Å². The Morgan fingerprint density at radius 2 is 2.06 bits per heavy atom. The van der Waals surface area contributed by atoms with E-state index >= 15 is 0 Å². The van der Waals surface area contributed by atoms with Gasteiger partial charge < -0.3 is 15.0 Å². The lowest BCUT2D eigenvalue weighted by Gasteiger charge is -2.39. The SMILES string of the molecule is C=C/C(OCCCCN(C)C)=C(C)\C=C\CN1CCC(NC(=O)c2ccc(C)c(C)c2)CC1CC.[HH]. The zero-order chi connectivity index (χ0) is 25.8. The molecule has 1 aliphatic rings. The Labute approximate surface area is 215 Å². The van der Waals surface area contributed by atoms with Gasteiger partial charge in [-0.25, -0.2) is 0 Å². The lowest BCUT2D eigenvalue weighted by molar-refractivity contribution is 0.0872. The van der Waals surface area contributed by atoms with Gasteiger partial charge in [0.15, 0.2) is 0 Å². The predicted octanol–water partition coefficient (Wildman–Crippen LogP) is 5.90. The van der Waals surface area contributed by atoms with Gasteiger partial charge >= 0.3 is 0 Å². The molecule has 5 heteroatoms. The highest BCUT2D eigenvalue weighted by Gasteiger charge is 2.27. The molecule has 5 nitrogen and oxygen atoms in total. The van der Waals surface area contributed by atoms with Crippen LogP contribution < -0.4 is 5.32 Å². The molecule has 0 aliphatic carbocycles. The number of nitrogens with one attached hydrogen (secondary N) is 1. The van der Waals surface area contributed by atoms with E-state index < -0.39 is 0 Å². The van der Waals surface area contributed by atoms with Crippen LogP contribution in [0.15, 0.2) is 54.3 Å². The van der Waals surface area contributed by atoms with Gasteiger partial charge in [-0.15, -0.1) is 0 Å². The van der Waals surface area contributed by atoms with Crippen molar-refractivity contribution in [1.29, 1.82) is 0 Å². The van der Waals surface area contributed by atoms with Gasteiger partial charge in [0.2, 0.25) is 0 Å². The maximum atomic E-state index is 12.8. The molecule has 35 heavy (non-hydrogen) atoms. The highest BCUT2D eigenvalue weighted by molar-refractivity contribution is 5.94. The zero-order valence-electron chi connectivity index (χ0n) is 22.9. The monoisotopic (exact) mass is 483 g/mol. The summed E-state index contributed by atoms with van der Waals surface area (Å²) >= 11 is 0. The van der Waals surface area contributed by atoms with E-state index in [1.54, 1.807) is 0 Å². The number of rotatable bonds is 13. The van der Waals surface area contributed by atoms with E-state index in [0.29, 0.717) is 6.04 Å². The Balaban J connectivity index is 0.00000648. The molecular formula is C30H49N3O2. The fourth-order valence-corrected chi connectivity index (χ4v) is 4.54. The van der Waals surface area contributed by atoms with Crippen molar-refractivity contribution < 1.29 is 11.0 Å². The number of hydrogen-bond acceptors (Lipinski definition) is 4. The van der Waals surface area contributed by atoms with Crippen LogP contribution in [0.4, 0.5) is 0 Å². The summed E-state index contributed by atoms with van der Waals surface area (Å²) in [5.41, 5.74) is 4.23. The second-order valence-electron chi connectivity index (χ2n) is 10.1. The Bertz CT molecular complexity index is 894. The number of carbonyl (C=O) groups is 1. The van der Waals surface area contributed by atoms with Crippen LogP contribution in [-0.2, 0) is 4.74 Å². The second-order valence-corrected chi connectivity index (χ2v) is 10.1. The maximum Gasteiger partial charge on any atom is 0.251 e. The summed E-state index contributed by atoms with van der Waals surface area (Å²) in [6.07, 6.45) is 11.4. The van der Waals surface area contributed by atoms with Crippen molar-refractivity contribution in [2.75, 3.05) is 40.3 Å². The van der Waals surface area contributed by atoms with Crippen molar-refractivity contribution in [1.82, 2.24) is 15.1 Å². The van der Waals surface area contributed by atoms with Crippen molar-refractivity contribution in [3.8, 4) is 0 Å². The standard InChI is InChI=1S/C30H47N3O2.H2/c1-8-28-22-27(31-30(34)26-15-14-23(3)25(5)21-26)16-19-33(28)18-12-13-24(4)29(9-2)35-20-11-10-17-32(6)7;/h9,12-15,21,27-28H,2,8,10-11,16-20,22H2,1,3-7H3,(H,31,34);1H/b13-12+,29-24+;. The molecule has 0 bridgehead atoms. The van der Waals surface area contributed by atoms with Crippen LogP contribution in [0.2, 0.25) is 0 Å². The summed E-state index contributed by atoms with van der Waals surface area (Å²) in [4.78, 5) is 17.5. The summed E-state index contributed by atoms with van der Waals surface area (Å²) < 4.78 is 5.96. The molecule has 1 amide bonds. The lowest BCUT2D eigenvalue weighted by atomic mass is 9.94. The minimum absolute atomic E-state index is 0. The third-order valence-corrected chi connectivity index (χ3v) is 6.95. The average Bonchev–Trinajstić information content (AvgIpc) is 2.83. The largest absolute Gasteiger partial charge is 0.493 e. The van der Waals surface area contributed by atoms with Gasteiger partial charge in [-0.3, -0.25) is 9.69 Å². The first-order chi connectivity index (χ1) is 16.7. The lowest BCUT2D eigenvalue weighted by Crippen LogP contribution is -2.49. The van der Waals surface area contributed by atoms with E-state index in [0.717, 1.165) is 80.8 Å². The van der Waals surface area contributed by atoms with Gasteiger partial charge in [-0.1, -0.05) is 31.7 Å². The van der Waals surface area contributed by atoms with E-state index in [9.17, 15) is 4.79 Å². The van der Waals surface area contributed by atoms with E-state index in [-0.39, 0.29) is 13.4 Å². The van der Waals surface area contributed by atoms with Crippen molar-refractivity contribution in [2.24, 2.45) is 0 Å². The third kappa shape index (κ3) is 9.65. The van der Waals surface area contributed by atoms with Crippen LogP contribution in [0.3, 0.4) is 0 Å². The van der Waals surface area contributed by atoms with Crippen LogP contribution in [0.25, 0.3) is 0 Å². The molecule has 1 saturated heterocycles. The minimum Gasteiger partial charge on any atom is -0.493 e. The van der Waals surface area contributed by atoms with Crippen molar-refractivity contribution in [3.05, 3.63) is 71.0 Å². The molecule has 0 aromatic heterocycles. The molecule has 1 N–H and O–H groups in total. The molecule has 196 valence electrons. The van der Waals surface area contributed by atoms with Crippen LogP contribution >= 0.6 is 0 Å². The van der Waals surface area contributed by atoms with Crippen LogP contribution in [0, 0.1) is 13.8 Å². The van der Waals surface area contributed by atoms with E-state index in [2.05, 4.69) is 75.6 Å². The van der Waals surface area contributed by atoms with Gasteiger partial charge in [0, 0.05) is 32.2 Å². The number of likely N-dealkylation sites (tertiary alicyclic amines) is 1. The number of hydrogen-bond donors (Lipinski definition) is 1. The summed E-state index contributed by atoms with van der Waals surface area (Å²) in [6, 6.07) is 6.63. The Morgan fingerprint density at radius 1 is 1.29 bits per heavy atom. The smallest absolute Gasteiger partial charge is 0.251 e. The second kappa shape index (κ2) is 14.9. The third-order valence-electron chi connectivity index (χ3n) is 6.95. The summed E-state index contributed by atoms with van der Waals surface area (Å²) in [5, 5.41) is 3.28. The first-order valence-corrected chi connectivity index (χ1v) is 13.1. The first kappa shape index (κ1) is 28.9. The molecule has 1 aromatic carbocycles. The van der Waals surface area contributed by atoms with Crippen molar-refractivity contribution in [2.45, 2.75) is 71.9 Å². The number of ether oxygens (including phenoxy) is 1. The number of allylic oxidation sites excluding steroid dienone is 3. The van der Waals surface area contributed by atoms with Crippen LogP contribution in [0.1, 0.15) is 68.9 Å². The summed E-state index contributed by atoms with van der Waals surface area (Å²) in [5.74, 6) is 0.909. The molecule has 0 radical (unpaired) electrons. The van der Waals surface area contributed by atoms with E-state index in [4.69, 9.17) is 4.74 Å². The number of amides is 1. The molecule has 1 aliphatic heterocycles. The summed E-state index contributed by atoms with van der Waals surface area (Å²) in [6.45, 7) is 16.1. The quantitative estimate of drug-likeness (QED) is 0.216.